The van der Waals surface area contributed by atoms with E-state index in [9.17, 15) is 0 Å². The van der Waals surface area contributed by atoms with E-state index in [0.29, 0.717) is 16.6 Å². The molecule has 1 saturated carbocycles. The number of nitrogens with one attached hydrogen (secondary N) is 1. The van der Waals surface area contributed by atoms with Crippen molar-refractivity contribution in [2.24, 2.45) is 0 Å². The van der Waals surface area contributed by atoms with E-state index in [-0.39, 0.29) is 0 Å². The lowest BCUT2D eigenvalue weighted by atomic mass is 10.3. The Kier molecular flexibility index (Phi) is 3.13. The van der Waals surface area contributed by atoms with Crippen LogP contribution in [0.25, 0.3) is 0 Å². The lowest BCUT2D eigenvalue weighted by Crippen LogP contribution is -1.99. The van der Waals surface area contributed by atoms with Crippen LogP contribution in [-0.2, 0) is 0 Å². The topological polar surface area (TPSA) is 74.5 Å². The summed E-state index contributed by atoms with van der Waals surface area (Å²) in [7, 11) is 0. The van der Waals surface area contributed by atoms with Gasteiger partial charge in [-0.05, 0) is 36.7 Å². The molecule has 1 aliphatic rings. The van der Waals surface area contributed by atoms with Crippen molar-refractivity contribution < 1.29 is 0 Å². The van der Waals surface area contributed by atoms with E-state index in [2.05, 4.69) is 26.6 Å². The molecule has 0 saturated heterocycles. The van der Waals surface area contributed by atoms with Crippen molar-refractivity contribution in [2.75, 3.05) is 5.32 Å². The summed E-state index contributed by atoms with van der Waals surface area (Å²) in [6.07, 6.45) is 4.09. The smallest absolute Gasteiger partial charge is 0.206 e. The molecule has 7 heteroatoms. The molecule has 0 amide bonds. The molecule has 1 fully saturated rings. The average Bonchev–Trinajstić information content (AvgIpc) is 3.10. The molecule has 0 aromatic carbocycles. The molecule has 0 radical (unpaired) electrons. The van der Waals surface area contributed by atoms with Crippen LogP contribution in [0.2, 0.25) is 0 Å². The number of nitrogens with zero attached hydrogens (tertiary/aromatic N) is 4. The SMILES string of the molecule is N#Cc1cccnc1Sc1nnc(NC2CC2)s1. The summed E-state index contributed by atoms with van der Waals surface area (Å²) in [5, 5.41) is 22.0. The molecule has 2 aromatic heterocycles. The van der Waals surface area contributed by atoms with Crippen LogP contribution in [0.4, 0.5) is 5.13 Å². The van der Waals surface area contributed by atoms with Gasteiger partial charge in [-0.2, -0.15) is 5.26 Å². The highest BCUT2D eigenvalue weighted by atomic mass is 32.2. The molecule has 0 spiro atoms. The Bertz CT molecular complexity index is 599. The van der Waals surface area contributed by atoms with Gasteiger partial charge in [0.05, 0.1) is 5.56 Å². The summed E-state index contributed by atoms with van der Waals surface area (Å²) in [4.78, 5) is 4.19. The summed E-state index contributed by atoms with van der Waals surface area (Å²) in [6.45, 7) is 0. The van der Waals surface area contributed by atoms with Gasteiger partial charge in [-0.1, -0.05) is 11.3 Å². The molecular formula is C11H9N5S2. The fourth-order valence-corrected chi connectivity index (χ4v) is 3.13. The maximum absolute atomic E-state index is 8.98. The Morgan fingerprint density at radius 3 is 3.11 bits per heavy atom. The quantitative estimate of drug-likeness (QED) is 0.924. The largest absolute Gasteiger partial charge is 0.357 e. The van der Waals surface area contributed by atoms with Gasteiger partial charge < -0.3 is 5.32 Å². The zero-order valence-electron chi connectivity index (χ0n) is 9.33. The fourth-order valence-electron chi connectivity index (χ4n) is 1.35. The van der Waals surface area contributed by atoms with Crippen LogP contribution in [0.15, 0.2) is 27.7 Å². The van der Waals surface area contributed by atoms with Crippen LogP contribution in [0, 0.1) is 11.3 Å². The Hall–Kier alpha value is -1.65. The van der Waals surface area contributed by atoms with Crippen molar-refractivity contribution in [1.82, 2.24) is 15.2 Å². The van der Waals surface area contributed by atoms with Gasteiger partial charge in [0, 0.05) is 12.2 Å². The predicted molar refractivity (Wildman–Crippen MR) is 69.6 cm³/mol. The van der Waals surface area contributed by atoms with Crippen LogP contribution >= 0.6 is 23.1 Å². The van der Waals surface area contributed by atoms with Gasteiger partial charge in [0.15, 0.2) is 4.34 Å². The van der Waals surface area contributed by atoms with E-state index in [0.717, 1.165) is 9.47 Å². The minimum Gasteiger partial charge on any atom is -0.357 e. The average molecular weight is 275 g/mol. The van der Waals surface area contributed by atoms with Crippen LogP contribution < -0.4 is 5.32 Å². The first kappa shape index (κ1) is 11.4. The number of nitriles is 1. The van der Waals surface area contributed by atoms with E-state index in [1.807, 2.05) is 0 Å². The number of hydrogen-bond donors (Lipinski definition) is 1. The zero-order chi connectivity index (χ0) is 12.4. The fraction of sp³-hybridized carbons (Fsp3) is 0.273. The molecular weight excluding hydrogens is 266 g/mol. The summed E-state index contributed by atoms with van der Waals surface area (Å²) in [6, 6.07) is 6.19. The predicted octanol–water partition coefficient (Wildman–Crippen LogP) is 2.53. The van der Waals surface area contributed by atoms with Crippen LogP contribution in [-0.4, -0.2) is 21.2 Å². The molecule has 1 aliphatic carbocycles. The first-order chi connectivity index (χ1) is 8.85. The number of anilines is 1. The molecule has 5 nitrogen and oxygen atoms in total. The van der Waals surface area contributed by atoms with Gasteiger partial charge in [-0.3, -0.25) is 0 Å². The van der Waals surface area contributed by atoms with Crippen molar-refractivity contribution in [3.05, 3.63) is 23.9 Å². The molecule has 0 unspecified atom stereocenters. The summed E-state index contributed by atoms with van der Waals surface area (Å²) >= 11 is 2.87. The first-order valence-corrected chi connectivity index (χ1v) is 7.11. The maximum Gasteiger partial charge on any atom is 0.206 e. The highest BCUT2D eigenvalue weighted by Crippen LogP contribution is 2.34. The maximum atomic E-state index is 8.98. The summed E-state index contributed by atoms with van der Waals surface area (Å²) in [5.41, 5.74) is 0.564. The summed E-state index contributed by atoms with van der Waals surface area (Å²) < 4.78 is 0.799. The molecule has 1 N–H and O–H groups in total. The van der Waals surface area contributed by atoms with Gasteiger partial charge in [-0.15, -0.1) is 10.2 Å². The minimum absolute atomic E-state index is 0.564. The Morgan fingerprint density at radius 2 is 2.33 bits per heavy atom. The van der Waals surface area contributed by atoms with Gasteiger partial charge in [0.25, 0.3) is 0 Å². The molecule has 2 aromatic rings. The molecule has 90 valence electrons. The second-order valence-electron chi connectivity index (χ2n) is 3.86. The number of aromatic nitrogens is 3. The van der Waals surface area contributed by atoms with Gasteiger partial charge >= 0.3 is 0 Å². The van der Waals surface area contributed by atoms with E-state index < -0.39 is 0 Å². The van der Waals surface area contributed by atoms with Crippen molar-refractivity contribution in [3.8, 4) is 6.07 Å². The molecule has 18 heavy (non-hydrogen) atoms. The Balaban J connectivity index is 1.75. The third kappa shape index (κ3) is 2.60. The standard InChI is InChI=1S/C11H9N5S2/c12-6-7-2-1-5-13-9(7)17-11-16-15-10(18-11)14-8-3-4-8/h1-2,5,8H,3-4H2,(H,14,15). The van der Waals surface area contributed by atoms with E-state index >= 15 is 0 Å². The number of pyridine rings is 1. The molecule has 0 atom stereocenters. The van der Waals surface area contributed by atoms with Crippen molar-refractivity contribution in [3.63, 3.8) is 0 Å². The first-order valence-electron chi connectivity index (χ1n) is 5.48. The molecule has 0 aliphatic heterocycles. The van der Waals surface area contributed by atoms with Gasteiger partial charge in [-0.25, -0.2) is 4.98 Å². The Labute approximate surface area is 112 Å². The molecule has 2 heterocycles. The van der Waals surface area contributed by atoms with Crippen molar-refractivity contribution in [1.29, 1.82) is 5.26 Å². The van der Waals surface area contributed by atoms with Gasteiger partial charge in [0.1, 0.15) is 11.1 Å². The zero-order valence-corrected chi connectivity index (χ0v) is 11.0. The molecule has 0 bridgehead atoms. The monoisotopic (exact) mass is 275 g/mol. The van der Waals surface area contributed by atoms with Gasteiger partial charge in [0.2, 0.25) is 5.13 Å². The highest BCUT2D eigenvalue weighted by molar-refractivity contribution is 8.01. The minimum atomic E-state index is 0.564. The van der Waals surface area contributed by atoms with Crippen molar-refractivity contribution >= 4 is 28.2 Å². The lowest BCUT2D eigenvalue weighted by molar-refractivity contribution is 0.990. The lowest BCUT2D eigenvalue weighted by Gasteiger charge is -1.97. The van der Waals surface area contributed by atoms with E-state index in [4.69, 9.17) is 5.26 Å². The second-order valence-corrected chi connectivity index (χ2v) is 6.08. The second kappa shape index (κ2) is 4.92. The van der Waals surface area contributed by atoms with Crippen molar-refractivity contribution in [2.45, 2.75) is 28.2 Å². The third-order valence-electron chi connectivity index (χ3n) is 2.39. The third-order valence-corrected chi connectivity index (χ3v) is 4.31. The van der Waals surface area contributed by atoms with E-state index in [1.165, 1.54) is 35.9 Å². The van der Waals surface area contributed by atoms with Crippen LogP contribution in [0.1, 0.15) is 18.4 Å². The number of rotatable bonds is 4. The summed E-state index contributed by atoms with van der Waals surface area (Å²) in [5.74, 6) is 0. The molecule has 3 rings (SSSR count). The highest BCUT2D eigenvalue weighted by Gasteiger charge is 2.22. The van der Waals surface area contributed by atoms with Crippen LogP contribution in [0.5, 0.6) is 0 Å². The van der Waals surface area contributed by atoms with Crippen LogP contribution in [0.3, 0.4) is 0 Å². The normalized spacial score (nSPS) is 14.2. The van der Waals surface area contributed by atoms with E-state index in [1.54, 1.807) is 18.3 Å². The Morgan fingerprint density at radius 1 is 1.44 bits per heavy atom. The number of hydrogen-bond acceptors (Lipinski definition) is 7.